The van der Waals surface area contributed by atoms with E-state index in [2.05, 4.69) is 25.9 Å². The quantitative estimate of drug-likeness (QED) is 0.376. The van der Waals surface area contributed by atoms with Crippen LogP contribution in [-0.4, -0.2) is 33.7 Å². The Morgan fingerprint density at radius 1 is 1.33 bits per heavy atom. The first kappa shape index (κ1) is 9.71. The van der Waals surface area contributed by atoms with Crippen molar-refractivity contribution in [2.75, 3.05) is 24.0 Å². The van der Waals surface area contributed by atoms with Crippen LogP contribution in [0.15, 0.2) is 16.0 Å². The SMILES string of the molecule is Nc1nonc1N1NNC(CO)=C1CO. The van der Waals surface area contributed by atoms with Crippen molar-refractivity contribution in [2.45, 2.75) is 0 Å². The molecular weight excluding hydrogens is 204 g/mol. The second-order valence-electron chi connectivity index (χ2n) is 2.79. The van der Waals surface area contributed by atoms with Crippen LogP contribution in [0.4, 0.5) is 11.6 Å². The third-order valence-electron chi connectivity index (χ3n) is 1.95. The van der Waals surface area contributed by atoms with Gasteiger partial charge in [-0.2, -0.15) is 0 Å². The first-order chi connectivity index (χ1) is 7.27. The van der Waals surface area contributed by atoms with Crippen LogP contribution in [0, 0.1) is 0 Å². The number of hydrogen-bond donors (Lipinski definition) is 5. The zero-order valence-electron chi connectivity index (χ0n) is 7.64. The van der Waals surface area contributed by atoms with Gasteiger partial charge in [0.1, 0.15) is 0 Å². The topological polar surface area (TPSA) is 133 Å². The minimum Gasteiger partial charge on any atom is -0.390 e. The molecule has 15 heavy (non-hydrogen) atoms. The van der Waals surface area contributed by atoms with E-state index in [1.165, 1.54) is 5.01 Å². The second kappa shape index (κ2) is 3.73. The van der Waals surface area contributed by atoms with Crippen molar-refractivity contribution in [3.8, 4) is 0 Å². The maximum atomic E-state index is 9.12. The highest BCUT2D eigenvalue weighted by molar-refractivity contribution is 5.60. The smallest absolute Gasteiger partial charge is 0.237 e. The summed E-state index contributed by atoms with van der Waals surface area (Å²) >= 11 is 0. The number of hydrazine groups is 2. The molecule has 1 aromatic heterocycles. The molecule has 9 heteroatoms. The van der Waals surface area contributed by atoms with Gasteiger partial charge in [-0.25, -0.2) is 9.64 Å². The van der Waals surface area contributed by atoms with Crippen molar-refractivity contribution in [1.29, 1.82) is 0 Å². The summed E-state index contributed by atoms with van der Waals surface area (Å²) in [5.74, 6) is 0.296. The van der Waals surface area contributed by atoms with Gasteiger partial charge in [0.25, 0.3) is 0 Å². The maximum absolute atomic E-state index is 9.12. The molecule has 6 N–H and O–H groups in total. The maximum Gasteiger partial charge on any atom is 0.237 e. The minimum atomic E-state index is -0.289. The van der Waals surface area contributed by atoms with Crippen molar-refractivity contribution < 1.29 is 14.8 Å². The van der Waals surface area contributed by atoms with Gasteiger partial charge in [-0.05, 0) is 10.3 Å². The normalized spacial score (nSPS) is 16.0. The van der Waals surface area contributed by atoms with Crippen LogP contribution in [-0.2, 0) is 0 Å². The van der Waals surface area contributed by atoms with Gasteiger partial charge in [-0.15, -0.1) is 5.53 Å². The number of nitrogens with zero attached hydrogens (tertiary/aromatic N) is 3. The van der Waals surface area contributed by atoms with Crippen molar-refractivity contribution >= 4 is 11.6 Å². The van der Waals surface area contributed by atoms with Crippen LogP contribution in [0.2, 0.25) is 0 Å². The number of hydrogen-bond acceptors (Lipinski definition) is 9. The van der Waals surface area contributed by atoms with E-state index < -0.39 is 0 Å². The summed E-state index contributed by atoms with van der Waals surface area (Å²) in [5, 5.41) is 26.4. The standard InChI is InChI=1S/C6H10N6O3/c7-5-6(10-15-9-5)12-4(2-14)3(1-13)8-11-12/h8,11,13-14H,1-2H2,(H2,7,9). The summed E-state index contributed by atoms with van der Waals surface area (Å²) in [7, 11) is 0. The van der Waals surface area contributed by atoms with Gasteiger partial charge in [0, 0.05) is 0 Å². The molecule has 2 heterocycles. The van der Waals surface area contributed by atoms with E-state index in [0.717, 1.165) is 0 Å². The molecule has 0 aliphatic carbocycles. The molecule has 1 aliphatic heterocycles. The highest BCUT2D eigenvalue weighted by Crippen LogP contribution is 2.23. The van der Waals surface area contributed by atoms with Gasteiger partial charge in [-0.3, -0.25) is 0 Å². The number of aromatic nitrogens is 2. The van der Waals surface area contributed by atoms with Crippen molar-refractivity contribution in [2.24, 2.45) is 0 Å². The lowest BCUT2D eigenvalue weighted by Gasteiger charge is -2.15. The summed E-state index contributed by atoms with van der Waals surface area (Å²) in [4.78, 5) is 0. The van der Waals surface area contributed by atoms with Crippen LogP contribution >= 0.6 is 0 Å². The average Bonchev–Trinajstić information content (AvgIpc) is 2.82. The van der Waals surface area contributed by atoms with Crippen LogP contribution in [0.5, 0.6) is 0 Å². The van der Waals surface area contributed by atoms with E-state index in [1.807, 2.05) is 0 Å². The summed E-state index contributed by atoms with van der Waals surface area (Å²) in [6, 6.07) is 0. The number of aliphatic hydroxyl groups excluding tert-OH is 2. The zero-order chi connectivity index (χ0) is 10.8. The van der Waals surface area contributed by atoms with Gasteiger partial charge < -0.3 is 21.4 Å². The van der Waals surface area contributed by atoms with Crippen LogP contribution < -0.4 is 21.7 Å². The number of nitrogens with two attached hydrogens (primary N) is 1. The molecule has 2 rings (SSSR count). The molecule has 0 saturated heterocycles. The fourth-order valence-electron chi connectivity index (χ4n) is 1.22. The van der Waals surface area contributed by atoms with E-state index in [-0.39, 0.29) is 24.8 Å². The third-order valence-corrected chi connectivity index (χ3v) is 1.95. The van der Waals surface area contributed by atoms with E-state index in [4.69, 9.17) is 15.9 Å². The number of nitrogens with one attached hydrogen (secondary N) is 2. The molecular formula is C6H10N6O3. The Bertz CT molecular complexity index is 388. The molecule has 0 aromatic carbocycles. The summed E-state index contributed by atoms with van der Waals surface area (Å²) in [6.07, 6.45) is 0. The van der Waals surface area contributed by atoms with E-state index in [0.29, 0.717) is 11.4 Å². The lowest BCUT2D eigenvalue weighted by atomic mass is 10.3. The fourth-order valence-corrected chi connectivity index (χ4v) is 1.22. The van der Waals surface area contributed by atoms with E-state index >= 15 is 0 Å². The molecule has 0 radical (unpaired) electrons. The zero-order valence-corrected chi connectivity index (χ0v) is 7.64. The third kappa shape index (κ3) is 1.48. The highest BCUT2D eigenvalue weighted by Gasteiger charge is 2.26. The number of anilines is 2. The minimum absolute atomic E-state index is 0.0782. The summed E-state index contributed by atoms with van der Waals surface area (Å²) in [6.45, 7) is -0.535. The summed E-state index contributed by atoms with van der Waals surface area (Å²) in [5.41, 5.74) is 11.6. The molecule has 0 atom stereocenters. The Hall–Kier alpha value is -1.84. The molecule has 1 aromatic rings. The van der Waals surface area contributed by atoms with Gasteiger partial charge >= 0.3 is 0 Å². The molecule has 0 amide bonds. The Morgan fingerprint density at radius 2 is 2.13 bits per heavy atom. The van der Waals surface area contributed by atoms with Gasteiger partial charge in [0.2, 0.25) is 11.6 Å². The Morgan fingerprint density at radius 3 is 2.67 bits per heavy atom. The predicted octanol–water partition coefficient (Wildman–Crippen LogP) is -2.32. The molecule has 0 bridgehead atoms. The van der Waals surface area contributed by atoms with Crippen LogP contribution in [0.1, 0.15) is 0 Å². The Kier molecular flexibility index (Phi) is 2.41. The van der Waals surface area contributed by atoms with Crippen molar-refractivity contribution in [3.63, 3.8) is 0 Å². The highest BCUT2D eigenvalue weighted by atomic mass is 16.6. The molecule has 0 spiro atoms. The van der Waals surface area contributed by atoms with Crippen LogP contribution in [0.25, 0.3) is 0 Å². The molecule has 82 valence electrons. The number of nitrogen functional groups attached to an aromatic ring is 1. The molecule has 0 saturated carbocycles. The fraction of sp³-hybridized carbons (Fsp3) is 0.333. The number of rotatable bonds is 3. The molecule has 0 unspecified atom stereocenters. The first-order valence-electron chi connectivity index (χ1n) is 4.11. The van der Waals surface area contributed by atoms with Crippen LogP contribution in [0.3, 0.4) is 0 Å². The van der Waals surface area contributed by atoms with Crippen molar-refractivity contribution in [1.82, 2.24) is 21.3 Å². The van der Waals surface area contributed by atoms with Crippen molar-refractivity contribution in [3.05, 3.63) is 11.4 Å². The first-order valence-corrected chi connectivity index (χ1v) is 4.11. The number of aliphatic hydroxyl groups is 2. The average molecular weight is 214 g/mol. The monoisotopic (exact) mass is 214 g/mol. The molecule has 0 fully saturated rings. The summed E-state index contributed by atoms with van der Waals surface area (Å²) < 4.78 is 4.42. The van der Waals surface area contributed by atoms with E-state index in [9.17, 15) is 0 Å². The van der Waals surface area contributed by atoms with Gasteiger partial charge in [0.05, 0.1) is 24.6 Å². The second-order valence-corrected chi connectivity index (χ2v) is 2.79. The lowest BCUT2D eigenvalue weighted by Crippen LogP contribution is -2.39. The Balaban J connectivity index is 2.33. The predicted molar refractivity (Wildman–Crippen MR) is 48.7 cm³/mol. The van der Waals surface area contributed by atoms with Gasteiger partial charge in [0.15, 0.2) is 0 Å². The Labute approximate surface area is 84.1 Å². The van der Waals surface area contributed by atoms with E-state index in [1.54, 1.807) is 0 Å². The molecule has 9 nitrogen and oxygen atoms in total. The lowest BCUT2D eigenvalue weighted by molar-refractivity contribution is 0.305. The van der Waals surface area contributed by atoms with Gasteiger partial charge in [-0.1, -0.05) is 0 Å². The largest absolute Gasteiger partial charge is 0.390 e. The molecule has 1 aliphatic rings.